The molecular formula is C22H20ClFN6O2S2. The van der Waals surface area contributed by atoms with Crippen LogP contribution in [0, 0.1) is 5.82 Å². The molecule has 1 atom stereocenters. The molecule has 4 aromatic heterocycles. The van der Waals surface area contributed by atoms with Gasteiger partial charge in [-0.3, -0.25) is 9.78 Å². The molecule has 0 saturated heterocycles. The predicted molar refractivity (Wildman–Crippen MR) is 132 cm³/mol. The summed E-state index contributed by atoms with van der Waals surface area (Å²) < 4.78 is 25.2. The molecule has 0 bridgehead atoms. The molecule has 1 aliphatic carbocycles. The first-order chi connectivity index (χ1) is 16.5. The van der Waals surface area contributed by atoms with E-state index in [2.05, 4.69) is 25.1 Å². The summed E-state index contributed by atoms with van der Waals surface area (Å²) in [4.78, 5) is 22.2. The van der Waals surface area contributed by atoms with Crippen LogP contribution in [0.2, 0.25) is 5.02 Å². The van der Waals surface area contributed by atoms with Crippen LogP contribution in [0.25, 0.3) is 16.0 Å². The zero-order chi connectivity index (χ0) is 23.7. The van der Waals surface area contributed by atoms with Gasteiger partial charge in [0.1, 0.15) is 5.69 Å². The van der Waals surface area contributed by atoms with Crippen LogP contribution in [-0.4, -0.2) is 44.5 Å². The SMILES string of the molecule is COCC(NC(=O)c1ncc(-c2cnn3ccc(Cl)cc23)s1)c1nccc(NSC2CC2)c1F. The number of anilines is 1. The Morgan fingerprint density at radius 1 is 1.38 bits per heavy atom. The second kappa shape index (κ2) is 9.87. The third-order valence-corrected chi connectivity index (χ3v) is 7.60. The molecule has 4 aromatic rings. The maximum Gasteiger partial charge on any atom is 0.280 e. The number of pyridine rings is 2. The van der Waals surface area contributed by atoms with Crippen molar-refractivity contribution in [2.45, 2.75) is 24.1 Å². The molecule has 1 amide bonds. The van der Waals surface area contributed by atoms with Crippen LogP contribution in [0.15, 0.2) is 43.0 Å². The van der Waals surface area contributed by atoms with E-state index in [0.29, 0.717) is 16.0 Å². The summed E-state index contributed by atoms with van der Waals surface area (Å²) in [5, 5.41) is 8.44. The topological polar surface area (TPSA) is 93.4 Å². The molecule has 1 fully saturated rings. The van der Waals surface area contributed by atoms with Crippen LogP contribution >= 0.6 is 34.9 Å². The highest BCUT2D eigenvalue weighted by molar-refractivity contribution is 8.01. The Morgan fingerprint density at radius 3 is 3.03 bits per heavy atom. The maximum atomic E-state index is 15.2. The Bertz CT molecular complexity index is 1340. The number of fused-ring (bicyclic) bond motifs is 1. The molecule has 12 heteroatoms. The van der Waals surface area contributed by atoms with Crippen molar-refractivity contribution in [2.75, 3.05) is 18.4 Å². The third-order valence-electron chi connectivity index (χ3n) is 5.19. The van der Waals surface area contributed by atoms with Gasteiger partial charge in [0.2, 0.25) is 0 Å². The van der Waals surface area contributed by atoms with Gasteiger partial charge in [-0.15, -0.1) is 11.3 Å². The summed E-state index contributed by atoms with van der Waals surface area (Å²) in [6.45, 7) is 0.0552. The number of amides is 1. The van der Waals surface area contributed by atoms with Crippen molar-refractivity contribution >= 4 is 52.0 Å². The molecule has 0 aromatic carbocycles. The summed E-state index contributed by atoms with van der Waals surface area (Å²) in [5.41, 5.74) is 2.05. The lowest BCUT2D eigenvalue weighted by Crippen LogP contribution is -2.32. The van der Waals surface area contributed by atoms with Gasteiger partial charge >= 0.3 is 0 Å². The molecule has 5 rings (SSSR count). The quantitative estimate of drug-likeness (QED) is 0.302. The molecule has 1 aliphatic rings. The zero-order valence-corrected chi connectivity index (χ0v) is 20.4. The number of carbonyl (C=O) groups is 1. The lowest BCUT2D eigenvalue weighted by molar-refractivity contribution is 0.0892. The molecule has 176 valence electrons. The van der Waals surface area contributed by atoms with Crippen LogP contribution < -0.4 is 10.0 Å². The Kier molecular flexibility index (Phi) is 6.68. The van der Waals surface area contributed by atoms with Crippen molar-refractivity contribution in [3.63, 3.8) is 0 Å². The van der Waals surface area contributed by atoms with E-state index in [1.165, 1.54) is 36.6 Å². The minimum Gasteiger partial charge on any atom is -0.382 e. The van der Waals surface area contributed by atoms with E-state index in [-0.39, 0.29) is 17.3 Å². The summed E-state index contributed by atoms with van der Waals surface area (Å²) in [7, 11) is 1.49. The van der Waals surface area contributed by atoms with Gasteiger partial charge in [0.15, 0.2) is 10.8 Å². The lowest BCUT2D eigenvalue weighted by atomic mass is 10.1. The summed E-state index contributed by atoms with van der Waals surface area (Å²) in [6.07, 6.45) is 8.84. The van der Waals surface area contributed by atoms with Gasteiger partial charge in [0.25, 0.3) is 5.91 Å². The summed E-state index contributed by atoms with van der Waals surface area (Å²) >= 11 is 8.83. The largest absolute Gasteiger partial charge is 0.382 e. The molecule has 2 N–H and O–H groups in total. The second-order valence-corrected chi connectivity index (χ2v) is 10.3. The fourth-order valence-corrected chi connectivity index (χ4v) is 5.16. The molecule has 0 spiro atoms. The van der Waals surface area contributed by atoms with Crippen LogP contribution in [0.3, 0.4) is 0 Å². The predicted octanol–water partition coefficient (Wildman–Crippen LogP) is 4.99. The van der Waals surface area contributed by atoms with Crippen LogP contribution in [0.4, 0.5) is 10.1 Å². The normalized spacial score (nSPS) is 14.3. The van der Waals surface area contributed by atoms with Gasteiger partial charge < -0.3 is 14.8 Å². The van der Waals surface area contributed by atoms with E-state index in [0.717, 1.165) is 28.8 Å². The fourth-order valence-electron chi connectivity index (χ4n) is 3.34. The van der Waals surface area contributed by atoms with E-state index in [1.807, 2.05) is 0 Å². The van der Waals surface area contributed by atoms with Gasteiger partial charge in [-0.2, -0.15) is 5.10 Å². The standard InChI is InChI=1S/C22H20ClFN6O2S2/c1-32-11-16(20-19(24)15(4-6-25-20)29-34-13-2-3-13)28-21(31)22-26-10-18(33-22)14-9-27-30-7-5-12(23)8-17(14)30/h4-10,13,16H,2-3,11H2,1H3,(H,25,29)(H,28,31). The molecule has 0 radical (unpaired) electrons. The zero-order valence-electron chi connectivity index (χ0n) is 18.0. The summed E-state index contributed by atoms with van der Waals surface area (Å²) in [6, 6.07) is 4.34. The van der Waals surface area contributed by atoms with Crippen molar-refractivity contribution < 1.29 is 13.9 Å². The Hall–Kier alpha value is -2.73. The fraction of sp³-hybridized carbons (Fsp3) is 0.273. The molecule has 1 saturated carbocycles. The summed E-state index contributed by atoms with van der Waals surface area (Å²) in [5.74, 6) is -0.958. The number of thiazole rings is 1. The van der Waals surface area contributed by atoms with Gasteiger partial charge in [-0.25, -0.2) is 13.9 Å². The Labute approximate surface area is 208 Å². The van der Waals surface area contributed by atoms with Crippen LogP contribution in [0.5, 0.6) is 0 Å². The first kappa shape index (κ1) is 23.0. The molecule has 4 heterocycles. The molecule has 0 aliphatic heterocycles. The number of methoxy groups -OCH3 is 1. The van der Waals surface area contributed by atoms with Crippen molar-refractivity contribution in [3.8, 4) is 10.4 Å². The number of hydrogen-bond donors (Lipinski definition) is 2. The highest BCUT2D eigenvalue weighted by atomic mass is 35.5. The highest BCUT2D eigenvalue weighted by Gasteiger charge is 2.26. The molecule has 8 nitrogen and oxygen atoms in total. The number of ether oxygens (including phenoxy) is 1. The van der Waals surface area contributed by atoms with E-state index in [4.69, 9.17) is 16.3 Å². The smallest absolute Gasteiger partial charge is 0.280 e. The van der Waals surface area contributed by atoms with Gasteiger partial charge in [0, 0.05) is 41.5 Å². The number of carbonyl (C=O) groups excluding carboxylic acids is 1. The minimum absolute atomic E-state index is 0.0552. The van der Waals surface area contributed by atoms with Crippen molar-refractivity contribution in [3.05, 3.63) is 64.5 Å². The monoisotopic (exact) mass is 518 g/mol. The minimum atomic E-state index is -0.784. The third kappa shape index (κ3) is 4.88. The molecule has 1 unspecified atom stereocenters. The second-order valence-electron chi connectivity index (χ2n) is 7.72. The average Bonchev–Trinajstić information content (AvgIpc) is 3.36. The van der Waals surface area contributed by atoms with Crippen molar-refractivity contribution in [2.24, 2.45) is 0 Å². The van der Waals surface area contributed by atoms with E-state index < -0.39 is 17.8 Å². The number of nitrogens with zero attached hydrogens (tertiary/aromatic N) is 4. The number of nitrogens with one attached hydrogen (secondary N) is 2. The Morgan fingerprint density at radius 2 is 2.24 bits per heavy atom. The van der Waals surface area contributed by atoms with Gasteiger partial charge in [-0.1, -0.05) is 11.6 Å². The van der Waals surface area contributed by atoms with E-state index >= 15 is 4.39 Å². The number of halogens is 2. The maximum absolute atomic E-state index is 15.2. The Balaban J connectivity index is 1.36. The first-order valence-corrected chi connectivity index (χ1v) is 12.6. The molecule has 34 heavy (non-hydrogen) atoms. The lowest BCUT2D eigenvalue weighted by Gasteiger charge is -2.18. The molecular weight excluding hydrogens is 499 g/mol. The van der Waals surface area contributed by atoms with Crippen molar-refractivity contribution in [1.29, 1.82) is 0 Å². The average molecular weight is 519 g/mol. The van der Waals surface area contributed by atoms with Crippen molar-refractivity contribution in [1.82, 2.24) is 24.9 Å². The van der Waals surface area contributed by atoms with E-state index in [1.54, 1.807) is 41.3 Å². The van der Waals surface area contributed by atoms with Gasteiger partial charge in [0.05, 0.1) is 34.9 Å². The van der Waals surface area contributed by atoms with Gasteiger partial charge in [-0.05, 0) is 43.0 Å². The van der Waals surface area contributed by atoms with Crippen LogP contribution in [0.1, 0.15) is 34.4 Å². The number of rotatable bonds is 9. The number of aromatic nitrogens is 4. The van der Waals surface area contributed by atoms with E-state index in [9.17, 15) is 4.79 Å². The first-order valence-electron chi connectivity index (χ1n) is 10.5. The highest BCUT2D eigenvalue weighted by Crippen LogP contribution is 2.35. The van der Waals surface area contributed by atoms with Crippen LogP contribution in [-0.2, 0) is 4.74 Å². The number of hydrogen-bond acceptors (Lipinski definition) is 8.